The van der Waals surface area contributed by atoms with Crippen LogP contribution in [0.15, 0.2) is 77.0 Å². The van der Waals surface area contributed by atoms with E-state index in [1.54, 1.807) is 10.7 Å². The van der Waals surface area contributed by atoms with Gasteiger partial charge in [0.15, 0.2) is 5.82 Å². The molecule has 1 heterocycles. The van der Waals surface area contributed by atoms with E-state index in [2.05, 4.69) is 15.3 Å². The summed E-state index contributed by atoms with van der Waals surface area (Å²) in [6, 6.07) is 20.9. The van der Waals surface area contributed by atoms with Crippen molar-refractivity contribution in [2.75, 3.05) is 5.73 Å². The Morgan fingerprint density at radius 2 is 1.50 bits per heavy atom. The van der Waals surface area contributed by atoms with E-state index in [-0.39, 0.29) is 0 Å². The normalized spacial score (nSPS) is 11.0. The minimum absolute atomic E-state index is 0.482. The van der Waals surface area contributed by atoms with Crippen LogP contribution < -0.4 is 5.73 Å². The van der Waals surface area contributed by atoms with Crippen molar-refractivity contribution in [1.29, 1.82) is 0 Å². The molecule has 0 saturated carbocycles. The number of hydrogen-bond acceptors (Lipinski definition) is 4. The van der Waals surface area contributed by atoms with Crippen LogP contribution >= 0.6 is 0 Å². The van der Waals surface area contributed by atoms with Crippen LogP contribution in [0.25, 0.3) is 5.69 Å². The fourth-order valence-corrected chi connectivity index (χ4v) is 1.81. The van der Waals surface area contributed by atoms with Crippen LogP contribution in [0.2, 0.25) is 0 Å². The van der Waals surface area contributed by atoms with Gasteiger partial charge in [0.1, 0.15) is 5.82 Å². The molecule has 5 nitrogen and oxygen atoms in total. The number of azo groups is 1. The molecule has 0 aliphatic carbocycles. The summed E-state index contributed by atoms with van der Waals surface area (Å²) in [5.74, 6) is 1.01. The van der Waals surface area contributed by atoms with E-state index in [4.69, 9.17) is 5.73 Å². The number of anilines is 1. The lowest BCUT2D eigenvalue weighted by Crippen LogP contribution is -2.00. The fraction of sp³-hybridized carbons (Fsp3) is 0. The van der Waals surface area contributed by atoms with Gasteiger partial charge in [-0.05, 0) is 24.3 Å². The minimum Gasteiger partial charge on any atom is -0.384 e. The molecule has 98 valence electrons. The largest absolute Gasteiger partial charge is 0.384 e. The number of nitrogen functional groups attached to an aromatic ring is 1. The molecule has 2 N–H and O–H groups in total. The lowest BCUT2D eigenvalue weighted by molar-refractivity contribution is 0.885. The zero-order valence-corrected chi connectivity index (χ0v) is 10.7. The molecule has 3 rings (SSSR count). The molecule has 0 radical (unpaired) electrons. The summed E-state index contributed by atoms with van der Waals surface area (Å²) in [5, 5.41) is 12.5. The number of rotatable bonds is 3. The van der Waals surface area contributed by atoms with Crippen molar-refractivity contribution >= 4 is 17.3 Å². The number of nitrogens with two attached hydrogens (primary N) is 1. The summed E-state index contributed by atoms with van der Waals surface area (Å²) in [7, 11) is 0. The molecule has 20 heavy (non-hydrogen) atoms. The van der Waals surface area contributed by atoms with Crippen LogP contribution in [-0.4, -0.2) is 9.78 Å². The zero-order valence-electron chi connectivity index (χ0n) is 10.7. The van der Waals surface area contributed by atoms with Crippen molar-refractivity contribution in [2.45, 2.75) is 0 Å². The monoisotopic (exact) mass is 263 g/mol. The molecule has 0 amide bonds. The molecular weight excluding hydrogens is 250 g/mol. The molecule has 0 saturated heterocycles. The van der Waals surface area contributed by atoms with Gasteiger partial charge in [0.25, 0.3) is 0 Å². The van der Waals surface area contributed by atoms with Gasteiger partial charge in [0.05, 0.1) is 11.4 Å². The van der Waals surface area contributed by atoms with Crippen molar-refractivity contribution in [3.63, 3.8) is 0 Å². The van der Waals surface area contributed by atoms with Crippen LogP contribution in [0.3, 0.4) is 0 Å². The number of benzene rings is 2. The summed E-state index contributed by atoms with van der Waals surface area (Å²) in [6.07, 6.45) is 0. The van der Waals surface area contributed by atoms with Crippen LogP contribution in [-0.2, 0) is 0 Å². The maximum atomic E-state index is 5.94. The second-order valence-corrected chi connectivity index (χ2v) is 4.21. The maximum absolute atomic E-state index is 5.94. The second-order valence-electron chi connectivity index (χ2n) is 4.21. The van der Waals surface area contributed by atoms with Gasteiger partial charge in [-0.3, -0.25) is 0 Å². The van der Waals surface area contributed by atoms with Gasteiger partial charge in [-0.1, -0.05) is 36.4 Å². The Bertz CT molecular complexity index is 717. The first kappa shape index (κ1) is 12.1. The zero-order chi connectivity index (χ0) is 13.8. The second kappa shape index (κ2) is 5.36. The highest BCUT2D eigenvalue weighted by Gasteiger charge is 2.05. The van der Waals surface area contributed by atoms with Crippen molar-refractivity contribution in [3.05, 3.63) is 66.7 Å². The van der Waals surface area contributed by atoms with Crippen LogP contribution in [0.4, 0.5) is 17.3 Å². The standard InChI is InChI=1S/C15H13N5/c16-14-11-15(18-17-12-7-3-1-4-8-12)19-20(14)13-9-5-2-6-10-13/h1-11H,16H2. The van der Waals surface area contributed by atoms with Crippen molar-refractivity contribution < 1.29 is 0 Å². The average molecular weight is 263 g/mol. The van der Waals surface area contributed by atoms with E-state index in [1.807, 2.05) is 60.7 Å². The molecule has 0 fully saturated rings. The number of nitrogens with zero attached hydrogens (tertiary/aromatic N) is 4. The Kier molecular flexibility index (Phi) is 3.24. The predicted molar refractivity (Wildman–Crippen MR) is 78.6 cm³/mol. The Morgan fingerprint density at radius 1 is 0.850 bits per heavy atom. The molecule has 0 unspecified atom stereocenters. The fourth-order valence-electron chi connectivity index (χ4n) is 1.81. The quantitative estimate of drug-likeness (QED) is 0.729. The average Bonchev–Trinajstić information content (AvgIpc) is 2.88. The molecule has 0 aliphatic heterocycles. The first-order chi connectivity index (χ1) is 9.83. The van der Waals surface area contributed by atoms with Gasteiger partial charge < -0.3 is 5.73 Å². The Morgan fingerprint density at radius 3 is 2.20 bits per heavy atom. The first-order valence-corrected chi connectivity index (χ1v) is 6.21. The van der Waals surface area contributed by atoms with Crippen molar-refractivity contribution in [3.8, 4) is 5.69 Å². The van der Waals surface area contributed by atoms with Crippen LogP contribution in [0, 0.1) is 0 Å². The smallest absolute Gasteiger partial charge is 0.198 e. The molecule has 5 heteroatoms. The molecule has 1 aromatic heterocycles. The number of hydrogen-bond donors (Lipinski definition) is 1. The third-order valence-electron chi connectivity index (χ3n) is 2.75. The Balaban J connectivity index is 1.88. The summed E-state index contributed by atoms with van der Waals surface area (Å²) < 4.78 is 1.64. The van der Waals surface area contributed by atoms with Gasteiger partial charge in [-0.15, -0.1) is 15.3 Å². The van der Waals surface area contributed by atoms with E-state index in [9.17, 15) is 0 Å². The third-order valence-corrected chi connectivity index (χ3v) is 2.75. The summed E-state index contributed by atoms with van der Waals surface area (Å²) >= 11 is 0. The molecule has 0 aliphatic rings. The third kappa shape index (κ3) is 2.56. The predicted octanol–water partition coefficient (Wildman–Crippen LogP) is 3.87. The van der Waals surface area contributed by atoms with Crippen molar-refractivity contribution in [2.24, 2.45) is 10.2 Å². The molecule has 0 bridgehead atoms. The van der Waals surface area contributed by atoms with Gasteiger partial charge in [0.2, 0.25) is 0 Å². The van der Waals surface area contributed by atoms with E-state index in [0.29, 0.717) is 11.6 Å². The lowest BCUT2D eigenvalue weighted by atomic mass is 10.3. The molecule has 2 aromatic carbocycles. The lowest BCUT2D eigenvalue weighted by Gasteiger charge is -2.01. The summed E-state index contributed by atoms with van der Waals surface area (Å²) in [4.78, 5) is 0. The number of para-hydroxylation sites is 1. The summed E-state index contributed by atoms with van der Waals surface area (Å²) in [5.41, 5.74) is 7.61. The SMILES string of the molecule is Nc1cc(N=Nc2ccccc2)nn1-c1ccccc1. The number of aromatic nitrogens is 2. The van der Waals surface area contributed by atoms with Gasteiger partial charge in [-0.2, -0.15) is 0 Å². The Hall–Kier alpha value is -2.95. The Labute approximate surface area is 116 Å². The van der Waals surface area contributed by atoms with E-state index in [1.165, 1.54) is 0 Å². The van der Waals surface area contributed by atoms with Crippen LogP contribution in [0.5, 0.6) is 0 Å². The van der Waals surface area contributed by atoms with Gasteiger partial charge in [0, 0.05) is 6.07 Å². The topological polar surface area (TPSA) is 68.6 Å². The molecule has 3 aromatic rings. The van der Waals surface area contributed by atoms with Gasteiger partial charge in [-0.25, -0.2) is 4.68 Å². The van der Waals surface area contributed by atoms with Crippen molar-refractivity contribution in [1.82, 2.24) is 9.78 Å². The van der Waals surface area contributed by atoms with Gasteiger partial charge >= 0.3 is 0 Å². The molecule has 0 spiro atoms. The summed E-state index contributed by atoms with van der Waals surface area (Å²) in [6.45, 7) is 0. The highest BCUT2D eigenvalue weighted by molar-refractivity contribution is 5.48. The van der Waals surface area contributed by atoms with E-state index < -0.39 is 0 Å². The highest BCUT2D eigenvalue weighted by atomic mass is 15.4. The van der Waals surface area contributed by atoms with Crippen LogP contribution in [0.1, 0.15) is 0 Å². The highest BCUT2D eigenvalue weighted by Crippen LogP contribution is 2.21. The first-order valence-electron chi connectivity index (χ1n) is 6.21. The molecular formula is C15H13N5. The maximum Gasteiger partial charge on any atom is 0.198 e. The molecule has 0 atom stereocenters. The minimum atomic E-state index is 0.482. The van der Waals surface area contributed by atoms with E-state index in [0.717, 1.165) is 11.4 Å². The van der Waals surface area contributed by atoms with E-state index >= 15 is 0 Å².